The number of rotatable bonds is 6. The zero-order chi connectivity index (χ0) is 14.6. The highest BCUT2D eigenvalue weighted by Crippen LogP contribution is 2.21. The first kappa shape index (κ1) is 16.2. The molecule has 3 atom stereocenters. The van der Waals surface area contributed by atoms with Crippen molar-refractivity contribution in [1.82, 2.24) is 14.3 Å². The highest BCUT2D eigenvalue weighted by molar-refractivity contribution is 7.87. The SMILES string of the molecule is CNCC1CCCN(S(=O)(=O)NCC2CCOC2C)C1. The summed E-state index contributed by atoms with van der Waals surface area (Å²) in [6, 6.07) is 0. The third kappa shape index (κ3) is 4.14. The van der Waals surface area contributed by atoms with Crippen molar-refractivity contribution in [2.24, 2.45) is 11.8 Å². The van der Waals surface area contributed by atoms with Crippen molar-refractivity contribution in [2.45, 2.75) is 32.3 Å². The Hall–Kier alpha value is -0.210. The van der Waals surface area contributed by atoms with E-state index < -0.39 is 10.2 Å². The van der Waals surface area contributed by atoms with Crippen molar-refractivity contribution < 1.29 is 13.2 Å². The van der Waals surface area contributed by atoms with Crippen molar-refractivity contribution in [3.63, 3.8) is 0 Å². The van der Waals surface area contributed by atoms with Crippen molar-refractivity contribution in [3.05, 3.63) is 0 Å². The third-order valence-corrected chi connectivity index (χ3v) is 5.92. The Bertz CT molecular complexity index is 400. The van der Waals surface area contributed by atoms with Gasteiger partial charge >= 0.3 is 0 Å². The van der Waals surface area contributed by atoms with Crippen LogP contribution in [0.5, 0.6) is 0 Å². The van der Waals surface area contributed by atoms with Gasteiger partial charge < -0.3 is 10.1 Å². The zero-order valence-corrected chi connectivity index (χ0v) is 13.3. The Balaban J connectivity index is 1.85. The first-order valence-corrected chi connectivity index (χ1v) is 8.98. The van der Waals surface area contributed by atoms with E-state index in [4.69, 9.17) is 4.74 Å². The van der Waals surface area contributed by atoms with Gasteiger partial charge in [0.1, 0.15) is 0 Å². The van der Waals surface area contributed by atoms with E-state index in [1.54, 1.807) is 4.31 Å². The molecule has 0 amide bonds. The molecule has 2 aliphatic rings. The zero-order valence-electron chi connectivity index (χ0n) is 12.5. The van der Waals surface area contributed by atoms with Crippen molar-refractivity contribution in [1.29, 1.82) is 0 Å². The molecule has 0 radical (unpaired) electrons. The first-order chi connectivity index (χ1) is 9.53. The van der Waals surface area contributed by atoms with E-state index in [1.807, 2.05) is 14.0 Å². The van der Waals surface area contributed by atoms with Gasteiger partial charge in [-0.3, -0.25) is 0 Å². The molecule has 2 fully saturated rings. The monoisotopic (exact) mass is 305 g/mol. The molecule has 0 aromatic rings. The van der Waals surface area contributed by atoms with Gasteiger partial charge in [-0.1, -0.05) is 0 Å². The molecule has 2 aliphatic heterocycles. The number of piperidine rings is 1. The van der Waals surface area contributed by atoms with E-state index in [0.29, 0.717) is 31.5 Å². The van der Waals surface area contributed by atoms with Crippen LogP contribution >= 0.6 is 0 Å². The Labute approximate surface area is 122 Å². The number of nitrogens with zero attached hydrogens (tertiary/aromatic N) is 1. The van der Waals surface area contributed by atoms with E-state index in [-0.39, 0.29) is 6.10 Å². The van der Waals surface area contributed by atoms with Gasteiger partial charge in [0.15, 0.2) is 0 Å². The molecule has 118 valence electrons. The predicted octanol–water partition coefficient (Wildman–Crippen LogP) is 0.177. The number of ether oxygens (including phenoxy) is 1. The van der Waals surface area contributed by atoms with Crippen molar-refractivity contribution >= 4 is 10.2 Å². The number of nitrogens with one attached hydrogen (secondary N) is 2. The highest BCUT2D eigenvalue weighted by Gasteiger charge is 2.31. The lowest BCUT2D eigenvalue weighted by Gasteiger charge is -2.32. The van der Waals surface area contributed by atoms with Gasteiger partial charge in [0, 0.05) is 32.2 Å². The van der Waals surface area contributed by atoms with E-state index in [2.05, 4.69) is 10.0 Å². The molecule has 20 heavy (non-hydrogen) atoms. The summed E-state index contributed by atoms with van der Waals surface area (Å²) in [5.74, 6) is 0.710. The smallest absolute Gasteiger partial charge is 0.279 e. The number of hydrogen-bond acceptors (Lipinski definition) is 4. The van der Waals surface area contributed by atoms with Crippen LogP contribution in [0.15, 0.2) is 0 Å². The molecular formula is C13H27N3O3S. The lowest BCUT2D eigenvalue weighted by Crippen LogP contribution is -2.48. The molecular weight excluding hydrogens is 278 g/mol. The van der Waals surface area contributed by atoms with Crippen LogP contribution in [0.25, 0.3) is 0 Å². The first-order valence-electron chi connectivity index (χ1n) is 7.54. The van der Waals surface area contributed by atoms with Gasteiger partial charge in [-0.2, -0.15) is 12.7 Å². The maximum Gasteiger partial charge on any atom is 0.279 e. The summed E-state index contributed by atoms with van der Waals surface area (Å²) in [4.78, 5) is 0. The normalized spacial score (nSPS) is 32.6. The van der Waals surface area contributed by atoms with Gasteiger partial charge in [-0.25, -0.2) is 4.72 Å². The van der Waals surface area contributed by atoms with E-state index in [1.165, 1.54) is 0 Å². The molecule has 2 heterocycles. The van der Waals surface area contributed by atoms with Crippen LogP contribution in [0.4, 0.5) is 0 Å². The second-order valence-electron chi connectivity index (χ2n) is 5.90. The predicted molar refractivity (Wildman–Crippen MR) is 78.7 cm³/mol. The average Bonchev–Trinajstić information content (AvgIpc) is 2.83. The van der Waals surface area contributed by atoms with Gasteiger partial charge in [-0.15, -0.1) is 0 Å². The molecule has 2 saturated heterocycles. The van der Waals surface area contributed by atoms with Gasteiger partial charge in [-0.05, 0) is 45.7 Å². The lowest BCUT2D eigenvalue weighted by atomic mass is 10.00. The van der Waals surface area contributed by atoms with E-state index in [0.717, 1.165) is 32.4 Å². The molecule has 2 rings (SSSR count). The van der Waals surface area contributed by atoms with Gasteiger partial charge in [0.2, 0.25) is 0 Å². The summed E-state index contributed by atoms with van der Waals surface area (Å²) in [6.45, 7) is 5.35. The Morgan fingerprint density at radius 1 is 1.30 bits per heavy atom. The Kier molecular flexibility index (Phi) is 5.80. The minimum absolute atomic E-state index is 0.149. The molecule has 2 N–H and O–H groups in total. The maximum atomic E-state index is 12.4. The third-order valence-electron chi connectivity index (χ3n) is 4.38. The molecule has 6 nitrogen and oxygen atoms in total. The van der Waals surface area contributed by atoms with Crippen LogP contribution in [0.1, 0.15) is 26.2 Å². The maximum absolute atomic E-state index is 12.4. The van der Waals surface area contributed by atoms with Crippen molar-refractivity contribution in [2.75, 3.05) is 39.8 Å². The largest absolute Gasteiger partial charge is 0.378 e. The summed E-state index contributed by atoms with van der Waals surface area (Å²) in [5, 5.41) is 3.13. The average molecular weight is 305 g/mol. The molecule has 0 spiro atoms. The van der Waals surface area contributed by atoms with Crippen LogP contribution in [0, 0.1) is 11.8 Å². The van der Waals surface area contributed by atoms with Gasteiger partial charge in [0.05, 0.1) is 6.10 Å². The van der Waals surface area contributed by atoms with E-state index >= 15 is 0 Å². The molecule has 0 aromatic heterocycles. The molecule has 3 unspecified atom stereocenters. The van der Waals surface area contributed by atoms with Crippen LogP contribution in [-0.4, -0.2) is 58.7 Å². The quantitative estimate of drug-likeness (QED) is 0.734. The molecule has 0 bridgehead atoms. The summed E-state index contributed by atoms with van der Waals surface area (Å²) in [7, 11) is -1.44. The Morgan fingerprint density at radius 2 is 2.10 bits per heavy atom. The lowest BCUT2D eigenvalue weighted by molar-refractivity contribution is 0.106. The fourth-order valence-corrected chi connectivity index (χ4v) is 4.43. The van der Waals surface area contributed by atoms with Crippen LogP contribution in [0.2, 0.25) is 0 Å². The fraction of sp³-hybridized carbons (Fsp3) is 1.00. The van der Waals surface area contributed by atoms with Gasteiger partial charge in [0.25, 0.3) is 10.2 Å². The molecule has 0 aliphatic carbocycles. The standard InChI is InChI=1S/C13H27N3O3S/c1-11-13(5-7-19-11)9-15-20(17,18)16-6-3-4-12(10-16)8-14-2/h11-15H,3-10H2,1-2H3. The summed E-state index contributed by atoms with van der Waals surface area (Å²) >= 11 is 0. The van der Waals surface area contributed by atoms with Crippen molar-refractivity contribution in [3.8, 4) is 0 Å². The topological polar surface area (TPSA) is 70.7 Å². The van der Waals surface area contributed by atoms with Crippen LogP contribution in [-0.2, 0) is 14.9 Å². The summed E-state index contributed by atoms with van der Waals surface area (Å²) in [5.41, 5.74) is 0. The number of hydrogen-bond donors (Lipinski definition) is 2. The van der Waals surface area contributed by atoms with E-state index in [9.17, 15) is 8.42 Å². The van der Waals surface area contributed by atoms with Crippen LogP contribution in [0.3, 0.4) is 0 Å². The summed E-state index contributed by atoms with van der Waals surface area (Å²) in [6.07, 6.45) is 3.12. The second kappa shape index (κ2) is 7.17. The van der Waals surface area contributed by atoms with Crippen LogP contribution < -0.4 is 10.0 Å². The summed E-state index contributed by atoms with van der Waals surface area (Å²) < 4.78 is 34.5. The molecule has 0 aromatic carbocycles. The highest BCUT2D eigenvalue weighted by atomic mass is 32.2. The minimum Gasteiger partial charge on any atom is -0.378 e. The Morgan fingerprint density at radius 3 is 2.75 bits per heavy atom. The molecule has 7 heteroatoms. The molecule has 0 saturated carbocycles. The minimum atomic E-state index is -3.35. The fourth-order valence-electron chi connectivity index (χ4n) is 3.05. The second-order valence-corrected chi connectivity index (χ2v) is 7.66.